The van der Waals surface area contributed by atoms with Crippen molar-refractivity contribution in [1.82, 2.24) is 19.9 Å². The molecule has 0 aliphatic rings. The van der Waals surface area contributed by atoms with Crippen molar-refractivity contribution in [2.45, 2.75) is 20.9 Å². The van der Waals surface area contributed by atoms with E-state index in [-0.39, 0.29) is 5.69 Å². The summed E-state index contributed by atoms with van der Waals surface area (Å²) in [6, 6.07) is 26.0. The number of primary amides is 1. The zero-order valence-corrected chi connectivity index (χ0v) is 24.3. The maximum Gasteiger partial charge on any atom is 0.270 e. The largest absolute Gasteiger partial charge is 0.364 e. The van der Waals surface area contributed by atoms with Gasteiger partial charge in [0.05, 0.1) is 15.3 Å². The van der Waals surface area contributed by atoms with E-state index in [4.69, 9.17) is 5.73 Å². The van der Waals surface area contributed by atoms with Gasteiger partial charge in [0.2, 0.25) is 0 Å². The molecule has 0 saturated carbocycles. The Kier molecular flexibility index (Phi) is 8.72. The summed E-state index contributed by atoms with van der Waals surface area (Å²) in [5.74, 6) is -0.986. The molecule has 5 aromatic rings. The SMILES string of the molecule is CN(C)CC(Cc1cnc(C(N)=O)c(F)c1Sc1cnc(Nc2ccccn2)s1)(c1ccccc1)c1ccccc1. The molecule has 0 saturated heterocycles. The standard InChI is InChI=1S/C31H29FN6OS2/c1-38(2)20-31(22-11-5-3-6-12-22,23-13-7-4-8-14-23)17-21-18-35-27(29(33)39)26(32)28(21)40-25-19-36-30(41-25)37-24-15-9-10-16-34-24/h3-16,18-19H,17,20H2,1-2H3,(H2,33,39)(H,34,36,37). The summed E-state index contributed by atoms with van der Waals surface area (Å²) in [7, 11) is 4.05. The van der Waals surface area contributed by atoms with Crippen LogP contribution in [0.1, 0.15) is 27.2 Å². The Labute approximate surface area is 246 Å². The Morgan fingerprint density at radius 3 is 2.20 bits per heavy atom. The molecule has 7 nitrogen and oxygen atoms in total. The van der Waals surface area contributed by atoms with Gasteiger partial charge in [-0.25, -0.2) is 19.3 Å². The van der Waals surface area contributed by atoms with Gasteiger partial charge < -0.3 is 16.0 Å². The zero-order valence-electron chi connectivity index (χ0n) is 22.6. The molecule has 0 atom stereocenters. The van der Waals surface area contributed by atoms with E-state index in [0.717, 1.165) is 15.3 Å². The Bertz CT molecular complexity index is 1570. The van der Waals surface area contributed by atoms with Crippen LogP contribution in [-0.2, 0) is 11.8 Å². The number of thiazole rings is 1. The molecule has 208 valence electrons. The second-order valence-electron chi connectivity index (χ2n) is 9.79. The molecule has 0 radical (unpaired) electrons. The fourth-order valence-electron chi connectivity index (χ4n) is 4.91. The van der Waals surface area contributed by atoms with Crippen LogP contribution < -0.4 is 11.1 Å². The Morgan fingerprint density at radius 1 is 0.951 bits per heavy atom. The normalized spacial score (nSPS) is 11.5. The predicted octanol–water partition coefficient (Wildman–Crippen LogP) is 6.16. The lowest BCUT2D eigenvalue weighted by Gasteiger charge is -2.38. The molecule has 0 aliphatic heterocycles. The highest BCUT2D eigenvalue weighted by atomic mass is 32.2. The summed E-state index contributed by atoms with van der Waals surface area (Å²) in [4.78, 5) is 27.4. The number of hydrogen-bond donors (Lipinski definition) is 2. The topological polar surface area (TPSA) is 97.0 Å². The van der Waals surface area contributed by atoms with Crippen molar-refractivity contribution >= 4 is 40.0 Å². The van der Waals surface area contributed by atoms with Gasteiger partial charge >= 0.3 is 0 Å². The van der Waals surface area contributed by atoms with Crippen molar-refractivity contribution < 1.29 is 9.18 Å². The number of aromatic nitrogens is 3. The van der Waals surface area contributed by atoms with Crippen molar-refractivity contribution in [3.05, 3.63) is 126 Å². The van der Waals surface area contributed by atoms with E-state index >= 15 is 4.39 Å². The van der Waals surface area contributed by atoms with Crippen molar-refractivity contribution in [3.8, 4) is 0 Å². The summed E-state index contributed by atoms with van der Waals surface area (Å²) in [5.41, 5.74) is 7.44. The van der Waals surface area contributed by atoms with Crippen LogP contribution in [0.4, 0.5) is 15.3 Å². The molecule has 0 spiro atoms. The first-order chi connectivity index (χ1) is 19.9. The molecule has 0 aliphatic carbocycles. The first-order valence-corrected chi connectivity index (χ1v) is 14.5. The molecule has 0 unspecified atom stereocenters. The number of nitrogens with zero attached hydrogens (tertiary/aromatic N) is 4. The fourth-order valence-corrected chi connectivity index (χ4v) is 6.87. The average Bonchev–Trinajstić information content (AvgIpc) is 3.42. The number of likely N-dealkylation sites (N-methyl/N-ethyl adjacent to an activating group) is 1. The summed E-state index contributed by atoms with van der Waals surface area (Å²) in [6.45, 7) is 0.656. The molecule has 0 fully saturated rings. The lowest BCUT2D eigenvalue weighted by molar-refractivity contribution is 0.0990. The Hall–Kier alpha value is -4.12. The van der Waals surface area contributed by atoms with Crippen LogP contribution in [0.15, 0.2) is 107 Å². The monoisotopic (exact) mass is 584 g/mol. The van der Waals surface area contributed by atoms with E-state index in [0.29, 0.717) is 34.4 Å². The maximum atomic E-state index is 16.0. The number of hydrogen-bond acceptors (Lipinski definition) is 8. The molecule has 5 rings (SSSR count). The number of halogens is 1. The van der Waals surface area contributed by atoms with Crippen molar-refractivity contribution in [2.24, 2.45) is 5.73 Å². The lowest BCUT2D eigenvalue weighted by atomic mass is 9.70. The van der Waals surface area contributed by atoms with E-state index in [2.05, 4.69) is 49.4 Å². The molecule has 3 heterocycles. The van der Waals surface area contributed by atoms with E-state index < -0.39 is 17.1 Å². The lowest BCUT2D eigenvalue weighted by Crippen LogP contribution is -2.41. The molecular formula is C31H29FN6OS2. The van der Waals surface area contributed by atoms with E-state index in [1.807, 2.05) is 68.7 Å². The Morgan fingerprint density at radius 2 is 1.61 bits per heavy atom. The molecule has 3 N–H and O–H groups in total. The van der Waals surface area contributed by atoms with Crippen LogP contribution >= 0.6 is 23.1 Å². The van der Waals surface area contributed by atoms with Crippen LogP contribution in [0, 0.1) is 5.82 Å². The van der Waals surface area contributed by atoms with Gasteiger partial charge in [-0.1, -0.05) is 89.8 Å². The van der Waals surface area contributed by atoms with Gasteiger partial charge in [0, 0.05) is 24.4 Å². The molecule has 0 bridgehead atoms. The van der Waals surface area contributed by atoms with Crippen LogP contribution in [0.5, 0.6) is 0 Å². The number of amides is 1. The molecule has 1 amide bonds. The number of rotatable bonds is 11. The third kappa shape index (κ3) is 6.45. The number of anilines is 2. The highest BCUT2D eigenvalue weighted by Gasteiger charge is 2.37. The first kappa shape index (κ1) is 28.4. The van der Waals surface area contributed by atoms with Gasteiger partial charge in [0.25, 0.3) is 5.91 Å². The maximum absolute atomic E-state index is 16.0. The van der Waals surface area contributed by atoms with E-state index in [1.165, 1.54) is 23.1 Å². The first-order valence-electron chi connectivity index (χ1n) is 12.9. The third-order valence-electron chi connectivity index (χ3n) is 6.60. The molecule has 2 aromatic carbocycles. The van der Waals surface area contributed by atoms with Crippen molar-refractivity contribution in [3.63, 3.8) is 0 Å². The highest BCUT2D eigenvalue weighted by Crippen LogP contribution is 2.43. The number of nitrogens with two attached hydrogens (primary N) is 1. The second-order valence-corrected chi connectivity index (χ2v) is 12.1. The minimum absolute atomic E-state index is 0.303. The Balaban J connectivity index is 1.60. The van der Waals surface area contributed by atoms with Gasteiger partial charge in [-0.3, -0.25) is 4.79 Å². The molecule has 41 heavy (non-hydrogen) atoms. The van der Waals surface area contributed by atoms with Gasteiger partial charge in [-0.15, -0.1) is 0 Å². The van der Waals surface area contributed by atoms with E-state index in [1.54, 1.807) is 18.6 Å². The van der Waals surface area contributed by atoms with Crippen molar-refractivity contribution in [1.29, 1.82) is 0 Å². The highest BCUT2D eigenvalue weighted by molar-refractivity contribution is 8.01. The quantitative estimate of drug-likeness (QED) is 0.192. The molecule has 3 aromatic heterocycles. The van der Waals surface area contributed by atoms with Crippen LogP contribution in [0.3, 0.4) is 0 Å². The van der Waals surface area contributed by atoms with Gasteiger partial charge in [-0.2, -0.15) is 0 Å². The number of carbonyl (C=O) groups is 1. The van der Waals surface area contributed by atoms with E-state index in [9.17, 15) is 4.79 Å². The predicted molar refractivity (Wildman–Crippen MR) is 162 cm³/mol. The summed E-state index contributed by atoms with van der Waals surface area (Å²) in [6.07, 6.45) is 5.38. The van der Waals surface area contributed by atoms with Crippen LogP contribution in [-0.4, -0.2) is 46.4 Å². The second kappa shape index (κ2) is 12.6. The summed E-state index contributed by atoms with van der Waals surface area (Å²) < 4.78 is 16.8. The zero-order chi connectivity index (χ0) is 28.8. The van der Waals surface area contributed by atoms with Gasteiger partial charge in [0.15, 0.2) is 16.6 Å². The van der Waals surface area contributed by atoms with Gasteiger partial charge in [-0.05, 0) is 49.3 Å². The number of benzene rings is 2. The summed E-state index contributed by atoms with van der Waals surface area (Å²) in [5, 5.41) is 3.79. The van der Waals surface area contributed by atoms with Crippen LogP contribution in [0.2, 0.25) is 0 Å². The number of pyridine rings is 2. The minimum atomic E-state index is -0.914. The number of carbonyl (C=O) groups excluding carboxylic acids is 1. The molecular weight excluding hydrogens is 556 g/mol. The smallest absolute Gasteiger partial charge is 0.270 e. The van der Waals surface area contributed by atoms with Crippen molar-refractivity contribution in [2.75, 3.05) is 26.0 Å². The van der Waals surface area contributed by atoms with Gasteiger partial charge in [0.1, 0.15) is 5.82 Å². The summed E-state index contributed by atoms with van der Waals surface area (Å²) >= 11 is 2.58. The average molecular weight is 585 g/mol. The fraction of sp³-hybridized carbons (Fsp3) is 0.161. The van der Waals surface area contributed by atoms with Crippen LogP contribution in [0.25, 0.3) is 0 Å². The minimum Gasteiger partial charge on any atom is -0.364 e. The number of nitrogens with one attached hydrogen (secondary N) is 1. The third-order valence-corrected chi connectivity index (χ3v) is 8.76. The molecule has 10 heteroatoms.